The van der Waals surface area contributed by atoms with Crippen LogP contribution in [0.2, 0.25) is 5.02 Å². The molecular weight excluding hydrogens is 448 g/mol. The number of likely N-dealkylation sites (tertiary alicyclic amines) is 1. The van der Waals surface area contributed by atoms with Crippen molar-refractivity contribution in [2.24, 2.45) is 0 Å². The Morgan fingerprint density at radius 2 is 1.85 bits per heavy atom. The van der Waals surface area contributed by atoms with Crippen molar-refractivity contribution in [1.29, 1.82) is 0 Å². The van der Waals surface area contributed by atoms with Crippen LogP contribution in [-0.2, 0) is 19.6 Å². The van der Waals surface area contributed by atoms with Gasteiger partial charge in [0.05, 0.1) is 6.10 Å². The van der Waals surface area contributed by atoms with Crippen LogP contribution in [0.5, 0.6) is 5.75 Å². The minimum Gasteiger partial charge on any atom is -0.489 e. The van der Waals surface area contributed by atoms with Gasteiger partial charge < -0.3 is 9.84 Å². The molecule has 3 aromatic rings. The zero-order chi connectivity index (χ0) is 23.5. The molecule has 2 aliphatic rings. The number of halogens is 1. The second-order valence-electron chi connectivity index (χ2n) is 9.19. The Labute approximate surface area is 204 Å². The first-order valence-electron chi connectivity index (χ1n) is 11.9. The summed E-state index contributed by atoms with van der Waals surface area (Å²) >= 11 is 5.92. The quantitative estimate of drug-likeness (QED) is 0.545. The summed E-state index contributed by atoms with van der Waals surface area (Å²) in [6.07, 6.45) is 7.38. The average molecular weight is 477 g/mol. The number of aliphatic hydroxyl groups is 1. The maximum absolute atomic E-state index is 12.8. The lowest BCUT2D eigenvalue weighted by molar-refractivity contribution is 0.0668. The van der Waals surface area contributed by atoms with E-state index in [1.165, 1.54) is 16.7 Å². The first-order valence-corrected chi connectivity index (χ1v) is 12.2. The van der Waals surface area contributed by atoms with Crippen LogP contribution in [-0.4, -0.2) is 33.8 Å². The Bertz CT molecular complexity index is 1250. The summed E-state index contributed by atoms with van der Waals surface area (Å²) < 4.78 is 7.51. The van der Waals surface area contributed by atoms with Crippen LogP contribution >= 0.6 is 11.6 Å². The molecule has 0 spiro atoms. The lowest BCUT2D eigenvalue weighted by Gasteiger charge is -2.30. The third kappa shape index (κ3) is 5.44. The summed E-state index contributed by atoms with van der Waals surface area (Å²) in [7, 11) is 0. The van der Waals surface area contributed by atoms with Crippen molar-refractivity contribution >= 4 is 23.4 Å². The van der Waals surface area contributed by atoms with Crippen LogP contribution in [0.15, 0.2) is 65.6 Å². The molecular formula is C28H29ClN2O3. The van der Waals surface area contributed by atoms with Crippen LogP contribution in [0.3, 0.4) is 0 Å². The summed E-state index contributed by atoms with van der Waals surface area (Å²) in [5.41, 5.74) is 5.66. The molecule has 1 aromatic heterocycles. The molecule has 1 saturated heterocycles. The molecule has 1 fully saturated rings. The second kappa shape index (κ2) is 10.2. The fourth-order valence-corrected chi connectivity index (χ4v) is 4.91. The molecule has 2 heterocycles. The minimum absolute atomic E-state index is 0.0939. The largest absolute Gasteiger partial charge is 0.489 e. The van der Waals surface area contributed by atoms with Gasteiger partial charge in [0.25, 0.3) is 5.56 Å². The van der Waals surface area contributed by atoms with E-state index in [4.69, 9.17) is 16.3 Å². The van der Waals surface area contributed by atoms with Crippen LogP contribution in [0.1, 0.15) is 41.5 Å². The lowest BCUT2D eigenvalue weighted by Crippen LogP contribution is -2.37. The van der Waals surface area contributed by atoms with Gasteiger partial charge in [0.2, 0.25) is 0 Å². The highest BCUT2D eigenvalue weighted by molar-refractivity contribution is 6.30. The molecule has 1 aliphatic heterocycles. The number of hydrogen-bond donors (Lipinski definition) is 1. The van der Waals surface area contributed by atoms with Gasteiger partial charge in [-0.25, -0.2) is 0 Å². The van der Waals surface area contributed by atoms with E-state index in [0.717, 1.165) is 56.6 Å². The highest BCUT2D eigenvalue weighted by Crippen LogP contribution is 2.28. The van der Waals surface area contributed by atoms with Crippen molar-refractivity contribution in [3.63, 3.8) is 0 Å². The topological polar surface area (TPSA) is 54.7 Å². The number of allylic oxidation sites excluding steroid dienone is 1. The van der Waals surface area contributed by atoms with Crippen LogP contribution in [0, 0.1) is 0 Å². The Hall–Kier alpha value is -2.86. The Balaban J connectivity index is 1.27. The maximum Gasteiger partial charge on any atom is 0.258 e. The Morgan fingerprint density at radius 3 is 2.65 bits per heavy atom. The predicted molar refractivity (Wildman–Crippen MR) is 136 cm³/mol. The summed E-state index contributed by atoms with van der Waals surface area (Å²) in [5.74, 6) is 0.556. The number of benzene rings is 2. The minimum atomic E-state index is -0.204. The Morgan fingerprint density at radius 1 is 1.03 bits per heavy atom. The standard InChI is InChI=1S/C28H29ClN2O3/c29-24-8-4-20(5-9-24)19-34-27-11-13-31(28(33)16-27)25-10-7-22-14-21(3-6-23(22)15-25)17-30-12-1-2-26(32)18-30/h3-6,8-9,11,13-16,26,32H,1-2,7,10,12,17-19H2/t26-/m1/s1. The molecule has 1 aliphatic carbocycles. The van der Waals surface area contributed by atoms with Crippen molar-refractivity contribution in [1.82, 2.24) is 9.47 Å². The lowest BCUT2D eigenvalue weighted by atomic mass is 9.93. The van der Waals surface area contributed by atoms with Crippen molar-refractivity contribution in [2.75, 3.05) is 13.1 Å². The van der Waals surface area contributed by atoms with E-state index in [1.54, 1.807) is 16.8 Å². The predicted octanol–water partition coefficient (Wildman–Crippen LogP) is 4.98. The van der Waals surface area contributed by atoms with E-state index < -0.39 is 0 Å². The van der Waals surface area contributed by atoms with Gasteiger partial charge in [-0.2, -0.15) is 0 Å². The molecule has 0 amide bonds. The van der Waals surface area contributed by atoms with Gasteiger partial charge >= 0.3 is 0 Å². The van der Waals surface area contributed by atoms with Crippen LogP contribution in [0.25, 0.3) is 11.8 Å². The highest BCUT2D eigenvalue weighted by atomic mass is 35.5. The monoisotopic (exact) mass is 476 g/mol. The summed E-state index contributed by atoms with van der Waals surface area (Å²) in [4.78, 5) is 15.1. The highest BCUT2D eigenvalue weighted by Gasteiger charge is 2.19. The molecule has 176 valence electrons. The number of nitrogens with zero attached hydrogens (tertiary/aromatic N) is 2. The van der Waals surface area contributed by atoms with Gasteiger partial charge in [0, 0.05) is 36.1 Å². The SMILES string of the molecule is O=c1cc(OCc2ccc(Cl)cc2)ccn1C1=Cc2ccc(CN3CCC[C@@H](O)C3)cc2CC1. The number of aryl methyl sites for hydroxylation is 1. The first kappa shape index (κ1) is 22.9. The van der Waals surface area contributed by atoms with E-state index in [-0.39, 0.29) is 11.7 Å². The normalized spacial score (nSPS) is 18.3. The number of rotatable bonds is 6. The fraction of sp³-hybridized carbons (Fsp3) is 0.321. The third-order valence-electron chi connectivity index (χ3n) is 6.59. The third-order valence-corrected chi connectivity index (χ3v) is 6.84. The summed E-state index contributed by atoms with van der Waals surface area (Å²) in [6, 6.07) is 17.4. The van der Waals surface area contributed by atoms with Gasteiger partial charge in [-0.05, 0) is 78.8 Å². The molecule has 5 nitrogen and oxygen atoms in total. The van der Waals surface area contributed by atoms with Gasteiger partial charge in [-0.1, -0.05) is 41.9 Å². The molecule has 0 saturated carbocycles. The number of aromatic nitrogens is 1. The molecule has 0 radical (unpaired) electrons. The number of ether oxygens (including phenoxy) is 1. The van der Waals surface area contributed by atoms with E-state index in [0.29, 0.717) is 17.4 Å². The molecule has 2 aromatic carbocycles. The molecule has 1 atom stereocenters. The second-order valence-corrected chi connectivity index (χ2v) is 9.62. The zero-order valence-corrected chi connectivity index (χ0v) is 19.9. The number of pyridine rings is 1. The maximum atomic E-state index is 12.8. The van der Waals surface area contributed by atoms with E-state index in [2.05, 4.69) is 29.2 Å². The van der Waals surface area contributed by atoms with Gasteiger partial charge in [0.1, 0.15) is 12.4 Å². The Kier molecular flexibility index (Phi) is 6.86. The van der Waals surface area contributed by atoms with Crippen molar-refractivity contribution < 1.29 is 9.84 Å². The first-order chi connectivity index (χ1) is 16.5. The van der Waals surface area contributed by atoms with Gasteiger partial charge in [-0.15, -0.1) is 0 Å². The van der Waals surface area contributed by atoms with Gasteiger partial charge in [0.15, 0.2) is 0 Å². The zero-order valence-electron chi connectivity index (χ0n) is 19.1. The van der Waals surface area contributed by atoms with Crippen molar-refractivity contribution in [2.45, 2.75) is 44.9 Å². The molecule has 34 heavy (non-hydrogen) atoms. The smallest absolute Gasteiger partial charge is 0.258 e. The molecule has 1 N–H and O–H groups in total. The number of β-amino-alcohol motifs (C(OH)–C–C–N with tert-alkyl or cyclic N) is 1. The summed E-state index contributed by atoms with van der Waals surface area (Å²) in [5, 5.41) is 10.6. The average Bonchev–Trinajstić information content (AvgIpc) is 2.83. The molecule has 5 rings (SSSR count). The summed E-state index contributed by atoms with van der Waals surface area (Å²) in [6.45, 7) is 3.05. The van der Waals surface area contributed by atoms with E-state index >= 15 is 0 Å². The number of hydrogen-bond acceptors (Lipinski definition) is 4. The van der Waals surface area contributed by atoms with Crippen molar-refractivity contribution in [3.8, 4) is 5.75 Å². The van der Waals surface area contributed by atoms with Crippen molar-refractivity contribution in [3.05, 3.63) is 98.4 Å². The van der Waals surface area contributed by atoms with Crippen LogP contribution < -0.4 is 10.3 Å². The number of piperidine rings is 1. The molecule has 0 bridgehead atoms. The number of fused-ring (bicyclic) bond motifs is 1. The fourth-order valence-electron chi connectivity index (χ4n) is 4.79. The van der Waals surface area contributed by atoms with Gasteiger partial charge in [-0.3, -0.25) is 14.3 Å². The van der Waals surface area contributed by atoms with E-state index in [9.17, 15) is 9.90 Å². The molecule has 6 heteroatoms. The van der Waals surface area contributed by atoms with Crippen LogP contribution in [0.4, 0.5) is 0 Å². The van der Waals surface area contributed by atoms with E-state index in [1.807, 2.05) is 30.3 Å². The number of aliphatic hydroxyl groups excluding tert-OH is 1. The molecule has 0 unspecified atom stereocenters.